The number of fused-ring (bicyclic) bond motifs is 3. The Labute approximate surface area is 186 Å². The largest absolute Gasteiger partial charge is 0.456 e. The van der Waals surface area contributed by atoms with E-state index in [2.05, 4.69) is 0 Å². The van der Waals surface area contributed by atoms with Crippen LogP contribution in [0.2, 0.25) is 0 Å². The zero-order chi connectivity index (χ0) is 22.1. The Morgan fingerprint density at radius 3 is 2.38 bits per heavy atom. The molecule has 0 radical (unpaired) electrons. The van der Waals surface area contributed by atoms with Gasteiger partial charge in [-0.3, -0.25) is 4.79 Å². The van der Waals surface area contributed by atoms with Crippen LogP contribution in [0.1, 0.15) is 18.4 Å². The summed E-state index contributed by atoms with van der Waals surface area (Å²) in [4.78, 5) is 12.7. The second-order valence-electron chi connectivity index (χ2n) is 8.09. The van der Waals surface area contributed by atoms with E-state index in [0.29, 0.717) is 31.7 Å². The first-order valence-electron chi connectivity index (χ1n) is 10.6. The minimum atomic E-state index is -3.41. The standard InChI is InChI=1S/C25H23NO5S/c27-25(30-20-10-11-24-22(16-20)21-8-4-5-9-23(21)31-24)19-12-14-26(15-13-19)32(28,29)17-18-6-2-1-3-7-18/h1-11,16,19H,12-15,17H2. The van der Waals surface area contributed by atoms with Crippen molar-refractivity contribution in [3.8, 4) is 5.75 Å². The second kappa shape index (κ2) is 8.41. The van der Waals surface area contributed by atoms with E-state index in [1.807, 2.05) is 60.7 Å². The van der Waals surface area contributed by atoms with E-state index in [0.717, 1.165) is 27.5 Å². The second-order valence-corrected chi connectivity index (χ2v) is 10.1. The summed E-state index contributed by atoms with van der Waals surface area (Å²) < 4.78 is 38.4. The van der Waals surface area contributed by atoms with Gasteiger partial charge in [0.2, 0.25) is 10.0 Å². The summed E-state index contributed by atoms with van der Waals surface area (Å²) in [5.41, 5.74) is 2.29. The van der Waals surface area contributed by atoms with E-state index in [4.69, 9.17) is 9.15 Å². The van der Waals surface area contributed by atoms with Crippen molar-refractivity contribution >= 4 is 37.9 Å². The van der Waals surface area contributed by atoms with E-state index in [1.54, 1.807) is 12.1 Å². The lowest BCUT2D eigenvalue weighted by molar-refractivity contribution is -0.140. The molecule has 1 saturated heterocycles. The maximum Gasteiger partial charge on any atom is 0.314 e. The first-order valence-corrected chi connectivity index (χ1v) is 12.3. The Morgan fingerprint density at radius 2 is 1.59 bits per heavy atom. The Morgan fingerprint density at radius 1 is 0.906 bits per heavy atom. The molecule has 4 aromatic rings. The van der Waals surface area contributed by atoms with Crippen molar-refractivity contribution in [3.63, 3.8) is 0 Å². The number of piperidine rings is 1. The molecule has 32 heavy (non-hydrogen) atoms. The molecule has 0 aliphatic carbocycles. The van der Waals surface area contributed by atoms with Crippen LogP contribution < -0.4 is 4.74 Å². The van der Waals surface area contributed by atoms with Crippen molar-refractivity contribution < 1.29 is 22.4 Å². The third-order valence-corrected chi connectivity index (χ3v) is 7.79. The summed E-state index contributed by atoms with van der Waals surface area (Å²) in [6, 6.07) is 22.2. The number of rotatable bonds is 5. The molecule has 1 aliphatic heterocycles. The maximum atomic E-state index is 12.7. The monoisotopic (exact) mass is 449 g/mol. The molecule has 0 amide bonds. The van der Waals surface area contributed by atoms with Gasteiger partial charge in [-0.05, 0) is 42.7 Å². The van der Waals surface area contributed by atoms with Gasteiger partial charge in [0.1, 0.15) is 16.9 Å². The van der Waals surface area contributed by atoms with Gasteiger partial charge in [-0.2, -0.15) is 0 Å². The molecule has 0 unspecified atom stereocenters. The number of nitrogens with zero attached hydrogens (tertiary/aromatic N) is 1. The normalized spacial score (nSPS) is 15.9. The van der Waals surface area contributed by atoms with Gasteiger partial charge in [0.05, 0.1) is 11.7 Å². The van der Waals surface area contributed by atoms with E-state index < -0.39 is 10.0 Å². The van der Waals surface area contributed by atoms with Gasteiger partial charge in [0, 0.05) is 23.9 Å². The van der Waals surface area contributed by atoms with Crippen molar-refractivity contribution in [2.45, 2.75) is 18.6 Å². The molecule has 7 heteroatoms. The van der Waals surface area contributed by atoms with E-state index in [-0.39, 0.29) is 17.6 Å². The van der Waals surface area contributed by atoms with Gasteiger partial charge in [-0.25, -0.2) is 12.7 Å². The highest BCUT2D eigenvalue weighted by Crippen LogP contribution is 2.32. The Kier molecular flexibility index (Phi) is 5.45. The number of esters is 1. The molecule has 2 heterocycles. The fourth-order valence-electron chi connectivity index (χ4n) is 4.21. The minimum Gasteiger partial charge on any atom is -0.456 e. The molecule has 0 N–H and O–H groups in total. The van der Waals surface area contributed by atoms with Gasteiger partial charge in [-0.1, -0.05) is 48.5 Å². The van der Waals surface area contributed by atoms with E-state index >= 15 is 0 Å². The number of hydrogen-bond donors (Lipinski definition) is 0. The molecule has 1 aliphatic rings. The number of ether oxygens (including phenoxy) is 1. The molecule has 0 saturated carbocycles. The van der Waals surface area contributed by atoms with Crippen LogP contribution in [-0.2, 0) is 20.6 Å². The van der Waals surface area contributed by atoms with Crippen LogP contribution in [0.15, 0.2) is 77.2 Å². The number of sulfonamides is 1. The Balaban J connectivity index is 1.23. The summed E-state index contributed by atoms with van der Waals surface area (Å²) in [6.45, 7) is 0.640. The number of carbonyl (C=O) groups excluding carboxylic acids is 1. The molecule has 0 atom stereocenters. The van der Waals surface area contributed by atoms with Gasteiger partial charge in [-0.15, -0.1) is 0 Å². The molecule has 3 aromatic carbocycles. The van der Waals surface area contributed by atoms with Crippen LogP contribution in [0.5, 0.6) is 5.75 Å². The molecule has 1 fully saturated rings. The lowest BCUT2D eigenvalue weighted by Gasteiger charge is -2.30. The highest BCUT2D eigenvalue weighted by molar-refractivity contribution is 7.88. The van der Waals surface area contributed by atoms with Crippen LogP contribution in [0.4, 0.5) is 0 Å². The van der Waals surface area contributed by atoms with Crippen molar-refractivity contribution in [1.29, 1.82) is 0 Å². The van der Waals surface area contributed by atoms with Crippen molar-refractivity contribution in [2.24, 2.45) is 5.92 Å². The quantitative estimate of drug-likeness (QED) is 0.325. The van der Waals surface area contributed by atoms with Crippen LogP contribution in [0.3, 0.4) is 0 Å². The molecular weight excluding hydrogens is 426 g/mol. The summed E-state index contributed by atoms with van der Waals surface area (Å²) in [6.07, 6.45) is 0.896. The topological polar surface area (TPSA) is 76.8 Å². The number of hydrogen-bond acceptors (Lipinski definition) is 5. The zero-order valence-electron chi connectivity index (χ0n) is 17.4. The van der Waals surface area contributed by atoms with Gasteiger partial charge >= 0.3 is 5.97 Å². The molecule has 0 bridgehead atoms. The van der Waals surface area contributed by atoms with Crippen LogP contribution in [0.25, 0.3) is 21.9 Å². The average Bonchev–Trinajstić information content (AvgIpc) is 3.17. The lowest BCUT2D eigenvalue weighted by atomic mass is 9.98. The summed E-state index contributed by atoms with van der Waals surface area (Å²) in [5, 5.41) is 1.87. The molecule has 164 valence electrons. The number of carbonyl (C=O) groups is 1. The third-order valence-electron chi connectivity index (χ3n) is 5.94. The number of para-hydroxylation sites is 1. The highest BCUT2D eigenvalue weighted by Gasteiger charge is 2.32. The predicted molar refractivity (Wildman–Crippen MR) is 123 cm³/mol. The molecule has 6 nitrogen and oxygen atoms in total. The summed E-state index contributed by atoms with van der Waals surface area (Å²) in [7, 11) is -3.41. The highest BCUT2D eigenvalue weighted by atomic mass is 32.2. The van der Waals surface area contributed by atoms with Crippen LogP contribution in [-0.4, -0.2) is 31.8 Å². The number of benzene rings is 3. The van der Waals surface area contributed by atoms with Crippen LogP contribution >= 0.6 is 0 Å². The fraction of sp³-hybridized carbons (Fsp3) is 0.240. The first-order chi connectivity index (χ1) is 15.5. The van der Waals surface area contributed by atoms with Crippen LogP contribution in [0, 0.1) is 5.92 Å². The average molecular weight is 450 g/mol. The molecule has 5 rings (SSSR count). The van der Waals surface area contributed by atoms with Crippen molar-refractivity contribution in [2.75, 3.05) is 13.1 Å². The van der Waals surface area contributed by atoms with Gasteiger partial charge in [0.25, 0.3) is 0 Å². The Bertz CT molecular complexity index is 1370. The first kappa shape index (κ1) is 20.7. The number of furan rings is 1. The van der Waals surface area contributed by atoms with E-state index in [1.165, 1.54) is 4.31 Å². The zero-order valence-corrected chi connectivity index (χ0v) is 18.3. The third kappa shape index (κ3) is 4.13. The SMILES string of the molecule is O=C(Oc1ccc2oc3ccccc3c2c1)C1CCN(S(=O)(=O)Cc2ccccc2)CC1. The summed E-state index contributed by atoms with van der Waals surface area (Å²) in [5.74, 6) is -0.206. The molecule has 1 aromatic heterocycles. The van der Waals surface area contributed by atoms with Gasteiger partial charge in [0.15, 0.2) is 0 Å². The Hall–Kier alpha value is -3.16. The van der Waals surface area contributed by atoms with E-state index in [9.17, 15) is 13.2 Å². The maximum absolute atomic E-state index is 12.7. The van der Waals surface area contributed by atoms with Crippen molar-refractivity contribution in [1.82, 2.24) is 4.31 Å². The summed E-state index contributed by atoms with van der Waals surface area (Å²) >= 11 is 0. The smallest absolute Gasteiger partial charge is 0.314 e. The molecular formula is C25H23NO5S. The van der Waals surface area contributed by atoms with Gasteiger partial charge < -0.3 is 9.15 Å². The fourth-order valence-corrected chi connectivity index (χ4v) is 5.78. The van der Waals surface area contributed by atoms with Crippen molar-refractivity contribution in [3.05, 3.63) is 78.4 Å². The molecule has 0 spiro atoms. The lowest BCUT2D eigenvalue weighted by Crippen LogP contribution is -2.41. The predicted octanol–water partition coefficient (Wildman–Crippen LogP) is 4.73. The minimum absolute atomic E-state index is 0.0262.